The van der Waals surface area contributed by atoms with Crippen molar-refractivity contribution in [2.75, 3.05) is 6.61 Å². The van der Waals surface area contributed by atoms with E-state index in [0.717, 1.165) is 0 Å². The van der Waals surface area contributed by atoms with Gasteiger partial charge in [-0.15, -0.1) is 0 Å². The third kappa shape index (κ3) is 9.12. The molecule has 0 fully saturated rings. The molecule has 0 amide bonds. The zero-order chi connectivity index (χ0) is 9.83. The van der Waals surface area contributed by atoms with Crippen molar-refractivity contribution in [1.82, 2.24) is 0 Å². The van der Waals surface area contributed by atoms with E-state index in [1.165, 1.54) is 0 Å². The topological polar surface area (TPSA) is 9.23 Å². The quantitative estimate of drug-likeness (QED) is 0.485. The molecule has 0 radical (unpaired) electrons. The minimum atomic E-state index is -4.65. The van der Waals surface area contributed by atoms with E-state index in [1.807, 2.05) is 0 Å². The Morgan fingerprint density at radius 1 is 1.00 bits per heavy atom. The van der Waals surface area contributed by atoms with Gasteiger partial charge in [-0.3, -0.25) is 0 Å². The average Bonchev–Trinajstić information content (AvgIpc) is 1.76. The Morgan fingerprint density at radius 3 is 1.83 bits per heavy atom. The van der Waals surface area contributed by atoms with E-state index in [4.69, 9.17) is 0 Å². The molecule has 0 aliphatic carbocycles. The molecule has 0 saturated heterocycles. The molecule has 0 atom stereocenters. The summed E-state index contributed by atoms with van der Waals surface area (Å²) in [6, 6.07) is 0. The zero-order valence-electron chi connectivity index (χ0n) is 5.54. The van der Waals surface area contributed by atoms with Crippen molar-refractivity contribution >= 4 is 0 Å². The van der Waals surface area contributed by atoms with E-state index in [0.29, 0.717) is 0 Å². The molecule has 12 heavy (non-hydrogen) atoms. The first-order valence-electron chi connectivity index (χ1n) is 2.63. The fourth-order valence-electron chi connectivity index (χ4n) is 0.268. The van der Waals surface area contributed by atoms with E-state index in [-0.39, 0.29) is 6.26 Å². The molecule has 0 unspecified atom stereocenters. The lowest BCUT2D eigenvalue weighted by Crippen LogP contribution is -2.15. The third-order valence-electron chi connectivity index (χ3n) is 0.600. The Bertz CT molecular complexity index is 154. The Morgan fingerprint density at radius 2 is 1.50 bits per heavy atom. The fourth-order valence-corrected chi connectivity index (χ4v) is 0.268. The number of ether oxygens (including phenoxy) is 1. The number of alkyl halides is 6. The van der Waals surface area contributed by atoms with Gasteiger partial charge in [0.15, 0.2) is 6.61 Å². The van der Waals surface area contributed by atoms with E-state index in [1.54, 1.807) is 0 Å². The zero-order valence-corrected chi connectivity index (χ0v) is 5.54. The molecule has 0 aromatic carbocycles. The Balaban J connectivity index is 3.64. The summed E-state index contributed by atoms with van der Waals surface area (Å²) in [7, 11) is 0. The van der Waals surface area contributed by atoms with Crippen LogP contribution >= 0.6 is 0 Å². The Labute approximate surface area is 63.6 Å². The summed E-state index contributed by atoms with van der Waals surface area (Å²) in [5, 5.41) is 0. The smallest absolute Gasteiger partial charge is 0.422 e. The second-order valence-corrected chi connectivity index (χ2v) is 1.77. The largest absolute Gasteiger partial charge is 0.492 e. The maximum absolute atomic E-state index is 11.2. The van der Waals surface area contributed by atoms with Crippen molar-refractivity contribution < 1.29 is 31.1 Å². The van der Waals surface area contributed by atoms with Gasteiger partial charge in [-0.05, 0) is 0 Å². The standard InChI is InChI=1S/C5H4F6O/c6-4(7,8)1-2-12-3-5(9,10)11/h1-2H,3H2/b2-1+. The summed E-state index contributed by atoms with van der Waals surface area (Å²) < 4.78 is 70.9. The van der Waals surface area contributed by atoms with Crippen LogP contribution in [-0.2, 0) is 4.74 Å². The molecular formula is C5H4F6O. The number of hydrogen-bond acceptors (Lipinski definition) is 1. The Kier molecular flexibility index (Phi) is 3.41. The van der Waals surface area contributed by atoms with Crippen molar-refractivity contribution in [3.8, 4) is 0 Å². The normalized spacial score (nSPS) is 13.8. The van der Waals surface area contributed by atoms with Crippen LogP contribution in [0.4, 0.5) is 26.3 Å². The molecule has 0 saturated carbocycles. The van der Waals surface area contributed by atoms with Crippen molar-refractivity contribution in [3.63, 3.8) is 0 Å². The van der Waals surface area contributed by atoms with Crippen LogP contribution in [-0.4, -0.2) is 19.0 Å². The van der Waals surface area contributed by atoms with Crippen molar-refractivity contribution in [2.24, 2.45) is 0 Å². The first-order chi connectivity index (χ1) is 5.21. The van der Waals surface area contributed by atoms with Crippen LogP contribution in [0.15, 0.2) is 12.3 Å². The van der Waals surface area contributed by atoms with Gasteiger partial charge in [0.2, 0.25) is 0 Å². The van der Waals surface area contributed by atoms with Crippen molar-refractivity contribution in [1.29, 1.82) is 0 Å². The predicted molar refractivity (Wildman–Crippen MR) is 27.2 cm³/mol. The number of halogens is 6. The number of allylic oxidation sites excluding steroid dienone is 1. The molecule has 0 aliphatic heterocycles. The molecule has 0 N–H and O–H groups in total. The second-order valence-electron chi connectivity index (χ2n) is 1.77. The molecule has 0 heterocycles. The van der Waals surface area contributed by atoms with Gasteiger partial charge in [-0.1, -0.05) is 0 Å². The minimum absolute atomic E-state index is 0.0342. The van der Waals surface area contributed by atoms with Crippen LogP contribution in [0.1, 0.15) is 0 Å². The highest BCUT2D eigenvalue weighted by atomic mass is 19.4. The molecule has 1 nitrogen and oxygen atoms in total. The molecule has 0 spiro atoms. The van der Waals surface area contributed by atoms with Crippen LogP contribution < -0.4 is 0 Å². The van der Waals surface area contributed by atoms with Gasteiger partial charge in [0.25, 0.3) is 0 Å². The highest BCUT2D eigenvalue weighted by molar-refractivity contribution is 4.82. The van der Waals surface area contributed by atoms with Crippen LogP contribution in [0.5, 0.6) is 0 Å². The van der Waals surface area contributed by atoms with Crippen LogP contribution in [0.3, 0.4) is 0 Å². The summed E-state index contributed by atoms with van der Waals surface area (Å²) >= 11 is 0. The van der Waals surface area contributed by atoms with E-state index >= 15 is 0 Å². The molecule has 0 aliphatic rings. The van der Waals surface area contributed by atoms with Crippen molar-refractivity contribution in [2.45, 2.75) is 12.4 Å². The first-order valence-corrected chi connectivity index (χ1v) is 2.63. The van der Waals surface area contributed by atoms with E-state index in [9.17, 15) is 26.3 Å². The van der Waals surface area contributed by atoms with E-state index < -0.39 is 25.0 Å². The lowest BCUT2D eigenvalue weighted by atomic mass is 10.6. The molecular weight excluding hydrogens is 190 g/mol. The predicted octanol–water partition coefficient (Wildman–Crippen LogP) is 2.64. The SMILES string of the molecule is FC(F)(F)/C=C/OCC(F)(F)F. The molecule has 0 aromatic heterocycles. The van der Waals surface area contributed by atoms with Gasteiger partial charge in [0.1, 0.15) is 0 Å². The minimum Gasteiger partial charge on any atom is -0.492 e. The maximum atomic E-state index is 11.2. The van der Waals surface area contributed by atoms with Gasteiger partial charge in [-0.25, -0.2) is 0 Å². The van der Waals surface area contributed by atoms with Gasteiger partial charge in [-0.2, -0.15) is 26.3 Å². The van der Waals surface area contributed by atoms with Crippen LogP contribution in [0.25, 0.3) is 0 Å². The molecule has 72 valence electrons. The summed E-state index contributed by atoms with van der Waals surface area (Å²) in [5.41, 5.74) is 0. The summed E-state index contributed by atoms with van der Waals surface area (Å²) in [4.78, 5) is 0. The summed E-state index contributed by atoms with van der Waals surface area (Å²) in [5.74, 6) is 0. The van der Waals surface area contributed by atoms with Gasteiger partial charge < -0.3 is 4.74 Å². The molecule has 7 heteroatoms. The van der Waals surface area contributed by atoms with Crippen LogP contribution in [0.2, 0.25) is 0 Å². The van der Waals surface area contributed by atoms with Crippen molar-refractivity contribution in [3.05, 3.63) is 12.3 Å². The van der Waals surface area contributed by atoms with Gasteiger partial charge >= 0.3 is 12.4 Å². The van der Waals surface area contributed by atoms with Crippen LogP contribution in [0, 0.1) is 0 Å². The summed E-state index contributed by atoms with van der Waals surface area (Å²) in [6.45, 7) is -1.72. The third-order valence-corrected chi connectivity index (χ3v) is 0.600. The second kappa shape index (κ2) is 3.68. The lowest BCUT2D eigenvalue weighted by molar-refractivity contribution is -0.162. The molecule has 0 aromatic rings. The highest BCUT2D eigenvalue weighted by Gasteiger charge is 2.28. The first kappa shape index (κ1) is 11.1. The van der Waals surface area contributed by atoms with E-state index in [2.05, 4.69) is 4.74 Å². The van der Waals surface area contributed by atoms with Gasteiger partial charge in [0.05, 0.1) is 12.3 Å². The highest BCUT2D eigenvalue weighted by Crippen LogP contribution is 2.17. The number of hydrogen-bond donors (Lipinski definition) is 0. The molecule has 0 rings (SSSR count). The monoisotopic (exact) mass is 194 g/mol. The maximum Gasteiger partial charge on any atom is 0.422 e. The number of rotatable bonds is 2. The Hall–Kier alpha value is -0.880. The average molecular weight is 194 g/mol. The fraction of sp³-hybridized carbons (Fsp3) is 0.600. The lowest BCUT2D eigenvalue weighted by Gasteiger charge is -2.04. The summed E-state index contributed by atoms with van der Waals surface area (Å²) in [6.07, 6.45) is -9.71. The van der Waals surface area contributed by atoms with Gasteiger partial charge in [0, 0.05) is 0 Å². The molecule has 0 bridgehead atoms.